The minimum absolute atomic E-state index is 0.0857. The number of benzene rings is 1. The Morgan fingerprint density at radius 3 is 2.42 bits per heavy atom. The maximum Gasteiger partial charge on any atom is 0.543 e. The number of hydrogen-bond donors (Lipinski definition) is 0. The van der Waals surface area contributed by atoms with Gasteiger partial charge in [-0.25, -0.2) is 14.5 Å². The monoisotopic (exact) mass is 340 g/mol. The molecule has 0 N–H and O–H groups in total. The summed E-state index contributed by atoms with van der Waals surface area (Å²) in [5.74, 6) is -0.149. The molecule has 0 heterocycles. The number of carbonyl (C=O) groups is 2. The Balaban J connectivity index is 1.79. The van der Waals surface area contributed by atoms with E-state index in [9.17, 15) is 9.59 Å². The molecule has 1 aliphatic carbocycles. The van der Waals surface area contributed by atoms with E-state index in [1.54, 1.807) is 6.07 Å². The Hall–Kier alpha value is -2.48. The molecular weight excluding hydrogens is 320 g/mol. The Morgan fingerprint density at radius 2 is 1.75 bits per heavy atom. The average molecular weight is 340 g/mol. The zero-order valence-electron chi connectivity index (χ0n) is 13.6. The lowest BCUT2D eigenvalue weighted by atomic mass is 9.98. The third kappa shape index (κ3) is 5.02. The molecule has 0 saturated heterocycles. The molecule has 1 aromatic rings. The Bertz CT molecular complexity index is 565. The first-order valence-corrected chi connectivity index (χ1v) is 7.62. The van der Waals surface area contributed by atoms with Gasteiger partial charge in [-0.3, -0.25) is 4.89 Å². The molecule has 0 unspecified atom stereocenters. The molecule has 132 valence electrons. The molecule has 8 heteroatoms. The second-order valence-corrected chi connectivity index (χ2v) is 5.22. The maximum absolute atomic E-state index is 11.9. The summed E-state index contributed by atoms with van der Waals surface area (Å²) in [6, 6.07) is 4.50. The van der Waals surface area contributed by atoms with Crippen LogP contribution in [0.25, 0.3) is 0 Å². The van der Waals surface area contributed by atoms with Gasteiger partial charge in [0.2, 0.25) is 0 Å². The summed E-state index contributed by atoms with van der Waals surface area (Å²) < 4.78 is 15.1. The summed E-state index contributed by atoms with van der Waals surface area (Å²) in [4.78, 5) is 32.0. The first-order valence-electron chi connectivity index (χ1n) is 7.62. The molecule has 0 amide bonds. The van der Waals surface area contributed by atoms with E-state index in [0.29, 0.717) is 5.75 Å². The van der Waals surface area contributed by atoms with Crippen LogP contribution in [-0.4, -0.2) is 32.4 Å². The van der Waals surface area contributed by atoms with Gasteiger partial charge in [0.05, 0.1) is 19.3 Å². The molecule has 2 rings (SSSR count). The van der Waals surface area contributed by atoms with Crippen LogP contribution in [0, 0.1) is 0 Å². The number of rotatable bonds is 6. The summed E-state index contributed by atoms with van der Waals surface area (Å²) >= 11 is 0. The van der Waals surface area contributed by atoms with Crippen molar-refractivity contribution in [3.8, 4) is 11.5 Å². The summed E-state index contributed by atoms with van der Waals surface area (Å²) in [6.45, 7) is 0. The predicted molar refractivity (Wildman–Crippen MR) is 80.5 cm³/mol. The molecule has 0 spiro atoms. The number of methoxy groups -OCH3 is 2. The van der Waals surface area contributed by atoms with Crippen molar-refractivity contribution in [3.05, 3.63) is 23.8 Å². The SMILES string of the molecule is COc1ccc(C(=O)OOOC(=O)OC2CCCCC2)c(OC)c1. The lowest BCUT2D eigenvalue weighted by Gasteiger charge is -2.20. The van der Waals surface area contributed by atoms with Crippen LogP contribution in [0.4, 0.5) is 4.79 Å². The van der Waals surface area contributed by atoms with Crippen LogP contribution in [0.5, 0.6) is 11.5 Å². The fourth-order valence-corrected chi connectivity index (χ4v) is 2.43. The molecule has 8 nitrogen and oxygen atoms in total. The zero-order chi connectivity index (χ0) is 17.4. The predicted octanol–water partition coefficient (Wildman–Crippen LogP) is 3.19. The van der Waals surface area contributed by atoms with Crippen LogP contribution in [0.1, 0.15) is 42.5 Å². The third-order valence-electron chi connectivity index (χ3n) is 3.66. The van der Waals surface area contributed by atoms with Gasteiger partial charge < -0.3 is 14.2 Å². The summed E-state index contributed by atoms with van der Waals surface area (Å²) in [6.07, 6.45) is 3.49. The minimum Gasteiger partial charge on any atom is -0.497 e. The highest BCUT2D eigenvalue weighted by Crippen LogP contribution is 2.25. The first kappa shape index (κ1) is 17.9. The fraction of sp³-hybridized carbons (Fsp3) is 0.500. The molecule has 1 fully saturated rings. The van der Waals surface area contributed by atoms with Crippen molar-refractivity contribution in [1.29, 1.82) is 0 Å². The molecule has 0 aliphatic heterocycles. The molecule has 1 saturated carbocycles. The standard InChI is InChI=1S/C16H20O8/c1-19-12-8-9-13(14(10-12)20-2)15(17)22-24-23-16(18)21-11-6-4-3-5-7-11/h8-11H,3-7H2,1-2H3. The van der Waals surface area contributed by atoms with E-state index in [4.69, 9.17) is 14.2 Å². The normalized spacial score (nSPS) is 14.6. The van der Waals surface area contributed by atoms with E-state index >= 15 is 0 Å². The quantitative estimate of drug-likeness (QED) is 0.443. The lowest BCUT2D eigenvalue weighted by molar-refractivity contribution is -0.453. The van der Waals surface area contributed by atoms with E-state index in [-0.39, 0.29) is 17.4 Å². The van der Waals surface area contributed by atoms with E-state index < -0.39 is 12.1 Å². The molecular formula is C16H20O8. The van der Waals surface area contributed by atoms with Crippen LogP contribution in [0.2, 0.25) is 0 Å². The van der Waals surface area contributed by atoms with Crippen LogP contribution in [0.15, 0.2) is 18.2 Å². The number of ether oxygens (including phenoxy) is 3. The molecule has 1 aromatic carbocycles. The van der Waals surface area contributed by atoms with E-state index in [0.717, 1.165) is 32.1 Å². The van der Waals surface area contributed by atoms with Gasteiger partial charge in [-0.15, -0.1) is 0 Å². The second kappa shape index (κ2) is 8.97. The van der Waals surface area contributed by atoms with Gasteiger partial charge in [-0.1, -0.05) is 6.42 Å². The van der Waals surface area contributed by atoms with Gasteiger partial charge in [0.1, 0.15) is 23.2 Å². The van der Waals surface area contributed by atoms with Gasteiger partial charge in [0, 0.05) is 6.07 Å². The average Bonchev–Trinajstić information content (AvgIpc) is 2.61. The molecule has 1 aliphatic rings. The first-order chi connectivity index (χ1) is 11.6. The van der Waals surface area contributed by atoms with Gasteiger partial charge >= 0.3 is 12.1 Å². The van der Waals surface area contributed by atoms with Crippen molar-refractivity contribution < 1.29 is 38.6 Å². The second-order valence-electron chi connectivity index (χ2n) is 5.22. The Morgan fingerprint density at radius 1 is 1.00 bits per heavy atom. The van der Waals surface area contributed by atoms with Crippen molar-refractivity contribution in [1.82, 2.24) is 0 Å². The highest BCUT2D eigenvalue weighted by atomic mass is 17.5. The molecule has 0 radical (unpaired) electrons. The fourth-order valence-electron chi connectivity index (χ4n) is 2.43. The van der Waals surface area contributed by atoms with Gasteiger partial charge in [-0.2, -0.15) is 0 Å². The van der Waals surface area contributed by atoms with E-state index in [1.165, 1.54) is 26.4 Å². The van der Waals surface area contributed by atoms with Gasteiger partial charge in [-0.05, 0) is 37.8 Å². The van der Waals surface area contributed by atoms with Crippen molar-refractivity contribution in [2.75, 3.05) is 14.2 Å². The topological polar surface area (TPSA) is 89.5 Å². The lowest BCUT2D eigenvalue weighted by Crippen LogP contribution is -2.22. The minimum atomic E-state index is -1.05. The van der Waals surface area contributed by atoms with Crippen molar-refractivity contribution in [3.63, 3.8) is 0 Å². The van der Waals surface area contributed by atoms with E-state index in [2.05, 4.69) is 14.8 Å². The van der Waals surface area contributed by atoms with Gasteiger partial charge in [0.25, 0.3) is 0 Å². The maximum atomic E-state index is 11.9. The smallest absolute Gasteiger partial charge is 0.497 e. The number of carbonyl (C=O) groups excluding carboxylic acids is 2. The van der Waals surface area contributed by atoms with Gasteiger partial charge in [0.15, 0.2) is 0 Å². The van der Waals surface area contributed by atoms with Crippen LogP contribution >= 0.6 is 0 Å². The molecule has 0 atom stereocenters. The largest absolute Gasteiger partial charge is 0.543 e. The van der Waals surface area contributed by atoms with E-state index in [1.807, 2.05) is 0 Å². The van der Waals surface area contributed by atoms with Crippen LogP contribution < -0.4 is 9.47 Å². The highest BCUT2D eigenvalue weighted by Gasteiger charge is 2.21. The third-order valence-corrected chi connectivity index (χ3v) is 3.66. The molecule has 0 bridgehead atoms. The summed E-state index contributed by atoms with van der Waals surface area (Å²) in [7, 11) is 2.88. The highest BCUT2D eigenvalue weighted by molar-refractivity contribution is 5.92. The van der Waals surface area contributed by atoms with Crippen molar-refractivity contribution in [2.45, 2.75) is 38.2 Å². The summed E-state index contributed by atoms with van der Waals surface area (Å²) in [5.41, 5.74) is 0.0857. The van der Waals surface area contributed by atoms with Crippen molar-refractivity contribution >= 4 is 12.1 Å². The molecule has 24 heavy (non-hydrogen) atoms. The Kier molecular flexibility index (Phi) is 6.68. The molecule has 0 aromatic heterocycles. The summed E-state index contributed by atoms with van der Waals surface area (Å²) in [5, 5.41) is 4.20. The Labute approximate surface area is 139 Å². The van der Waals surface area contributed by atoms with Crippen molar-refractivity contribution in [2.24, 2.45) is 0 Å². The number of hydrogen-bond acceptors (Lipinski definition) is 8. The van der Waals surface area contributed by atoms with Crippen LogP contribution in [-0.2, 0) is 19.6 Å². The van der Waals surface area contributed by atoms with Crippen LogP contribution in [0.3, 0.4) is 0 Å². The zero-order valence-corrected chi connectivity index (χ0v) is 13.6.